The van der Waals surface area contributed by atoms with Crippen LogP contribution in [0.25, 0.3) is 0 Å². The number of hydrogen-bond donors (Lipinski definition) is 1. The van der Waals surface area contributed by atoms with Gasteiger partial charge < -0.3 is 10.2 Å². The van der Waals surface area contributed by atoms with Crippen LogP contribution in [0.5, 0.6) is 0 Å². The van der Waals surface area contributed by atoms with E-state index in [-0.39, 0.29) is 35.4 Å². The molecule has 0 radical (unpaired) electrons. The highest BCUT2D eigenvalue weighted by molar-refractivity contribution is 14.1. The second-order valence-electron chi connectivity index (χ2n) is 11.1. The maximum Gasteiger partial charge on any atom is 0.264 e. The molecule has 0 heterocycles. The smallest absolute Gasteiger partial charge is 0.264 e. The number of amides is 2. The van der Waals surface area contributed by atoms with E-state index in [0.717, 1.165) is 39.1 Å². The maximum absolute atomic E-state index is 15.1. The van der Waals surface area contributed by atoms with Gasteiger partial charge in [-0.15, -0.1) is 0 Å². The summed E-state index contributed by atoms with van der Waals surface area (Å²) in [5.74, 6) is -1.49. The van der Waals surface area contributed by atoms with Gasteiger partial charge in [0.05, 0.1) is 10.6 Å². The molecule has 1 saturated carbocycles. The molecule has 0 aliphatic heterocycles. The van der Waals surface area contributed by atoms with E-state index in [1.807, 2.05) is 30.3 Å². The number of carbonyl (C=O) groups is 2. The SMILES string of the molecule is O=C(NC1CCCC1)[C@@H](Cc1ccccc1)N(Cc1ccccc1F)C(=O)CN(c1ccc(I)cc1)S(=O)(=O)c1ccccc1. The Kier molecular flexibility index (Phi) is 10.9. The molecule has 0 bridgehead atoms. The lowest BCUT2D eigenvalue weighted by Crippen LogP contribution is -2.54. The van der Waals surface area contributed by atoms with Crippen molar-refractivity contribution in [1.82, 2.24) is 10.2 Å². The number of carbonyl (C=O) groups excluding carboxylic acids is 2. The number of benzene rings is 4. The lowest BCUT2D eigenvalue weighted by atomic mass is 10.0. The Bertz CT molecular complexity index is 1700. The summed E-state index contributed by atoms with van der Waals surface area (Å²) in [6.07, 6.45) is 3.89. The van der Waals surface area contributed by atoms with Crippen LogP contribution in [0.4, 0.5) is 10.1 Å². The second-order valence-corrected chi connectivity index (χ2v) is 14.2. The second kappa shape index (κ2) is 15.0. The molecule has 0 unspecified atom stereocenters. The lowest BCUT2D eigenvalue weighted by Gasteiger charge is -2.34. The van der Waals surface area contributed by atoms with Crippen molar-refractivity contribution in [1.29, 1.82) is 0 Å². The molecule has 2 amide bonds. The molecular formula is C35H35FIN3O4S. The van der Waals surface area contributed by atoms with E-state index < -0.39 is 34.3 Å². The van der Waals surface area contributed by atoms with Gasteiger partial charge in [0.15, 0.2) is 0 Å². The normalized spacial score (nSPS) is 14.1. The summed E-state index contributed by atoms with van der Waals surface area (Å²) in [7, 11) is -4.19. The highest BCUT2D eigenvalue weighted by Crippen LogP contribution is 2.26. The first kappa shape index (κ1) is 32.6. The van der Waals surface area contributed by atoms with E-state index in [0.29, 0.717) is 5.69 Å². The minimum atomic E-state index is -4.19. The molecule has 0 aromatic heterocycles. The third-order valence-electron chi connectivity index (χ3n) is 8.00. The van der Waals surface area contributed by atoms with Crippen LogP contribution in [0, 0.1) is 9.39 Å². The third kappa shape index (κ3) is 8.29. The Hall–Kier alpha value is -3.77. The standard InChI is InChI=1S/C35H35FIN3O4S/c36-32-18-10-7-13-27(32)24-39(33(23-26-11-3-1-4-12-26)35(42)38-29-14-8-9-15-29)34(41)25-40(30-21-19-28(37)20-22-30)45(43,44)31-16-5-2-6-17-31/h1-7,10-13,16-22,29,33H,8-9,14-15,23-25H2,(H,38,42)/t33-/m1/s1. The Labute approximate surface area is 277 Å². The molecule has 4 aromatic rings. The lowest BCUT2D eigenvalue weighted by molar-refractivity contribution is -0.140. The summed E-state index contributed by atoms with van der Waals surface area (Å²) in [5.41, 5.74) is 1.35. The number of anilines is 1. The molecule has 7 nitrogen and oxygen atoms in total. The van der Waals surface area contributed by atoms with Gasteiger partial charge in [0.1, 0.15) is 18.4 Å². The van der Waals surface area contributed by atoms with Crippen LogP contribution in [0.15, 0.2) is 114 Å². The fraction of sp³-hybridized carbons (Fsp3) is 0.257. The van der Waals surface area contributed by atoms with Crippen LogP contribution in [0.2, 0.25) is 0 Å². The maximum atomic E-state index is 15.1. The van der Waals surface area contributed by atoms with E-state index in [1.165, 1.54) is 23.1 Å². The highest BCUT2D eigenvalue weighted by atomic mass is 127. The molecular weight excluding hydrogens is 704 g/mol. The molecule has 4 aromatic carbocycles. The zero-order chi connectivity index (χ0) is 31.8. The van der Waals surface area contributed by atoms with Crippen molar-refractivity contribution in [3.05, 3.63) is 130 Å². The van der Waals surface area contributed by atoms with E-state index in [4.69, 9.17) is 0 Å². The van der Waals surface area contributed by atoms with Gasteiger partial charge in [-0.2, -0.15) is 0 Å². The van der Waals surface area contributed by atoms with E-state index >= 15 is 4.39 Å². The molecule has 10 heteroatoms. The zero-order valence-electron chi connectivity index (χ0n) is 24.7. The predicted molar refractivity (Wildman–Crippen MR) is 181 cm³/mol. The Morgan fingerprint density at radius 3 is 2.09 bits per heavy atom. The van der Waals surface area contributed by atoms with Gasteiger partial charge in [-0.1, -0.05) is 79.6 Å². The molecule has 5 rings (SSSR count). The van der Waals surface area contributed by atoms with Crippen LogP contribution in [0.1, 0.15) is 36.8 Å². The average Bonchev–Trinajstić information content (AvgIpc) is 3.56. The van der Waals surface area contributed by atoms with Gasteiger partial charge in [0.2, 0.25) is 11.8 Å². The molecule has 0 saturated heterocycles. The van der Waals surface area contributed by atoms with Gasteiger partial charge in [0.25, 0.3) is 10.0 Å². The predicted octanol–water partition coefficient (Wildman–Crippen LogP) is 6.32. The van der Waals surface area contributed by atoms with Crippen LogP contribution >= 0.6 is 22.6 Å². The first-order valence-corrected chi connectivity index (χ1v) is 17.4. The van der Waals surface area contributed by atoms with Crippen LogP contribution in [0.3, 0.4) is 0 Å². The zero-order valence-corrected chi connectivity index (χ0v) is 27.7. The third-order valence-corrected chi connectivity index (χ3v) is 10.5. The Morgan fingerprint density at radius 1 is 0.844 bits per heavy atom. The summed E-state index contributed by atoms with van der Waals surface area (Å²) in [6, 6.07) is 29.1. The summed E-state index contributed by atoms with van der Waals surface area (Å²) in [6.45, 7) is -0.804. The van der Waals surface area contributed by atoms with E-state index in [2.05, 4.69) is 27.9 Å². The number of nitrogens with one attached hydrogen (secondary N) is 1. The van der Waals surface area contributed by atoms with Crippen molar-refractivity contribution < 1.29 is 22.4 Å². The number of nitrogens with zero attached hydrogens (tertiary/aromatic N) is 2. The van der Waals surface area contributed by atoms with Crippen molar-refractivity contribution >= 4 is 50.1 Å². The number of rotatable bonds is 12. The first-order chi connectivity index (χ1) is 21.7. The number of sulfonamides is 1. The summed E-state index contributed by atoms with van der Waals surface area (Å²) in [5, 5.41) is 3.12. The van der Waals surface area contributed by atoms with Gasteiger partial charge >= 0.3 is 0 Å². The highest BCUT2D eigenvalue weighted by Gasteiger charge is 2.35. The molecule has 234 valence electrons. The van der Waals surface area contributed by atoms with Crippen molar-refractivity contribution in [3.63, 3.8) is 0 Å². The summed E-state index contributed by atoms with van der Waals surface area (Å²) < 4.78 is 45.1. The van der Waals surface area contributed by atoms with Crippen molar-refractivity contribution in [2.75, 3.05) is 10.8 Å². The molecule has 1 aliphatic rings. The minimum absolute atomic E-state index is 0.0112. The van der Waals surface area contributed by atoms with E-state index in [9.17, 15) is 18.0 Å². The Morgan fingerprint density at radius 2 is 1.44 bits per heavy atom. The van der Waals surface area contributed by atoms with E-state index in [1.54, 1.807) is 60.7 Å². The van der Waals surface area contributed by atoms with Crippen molar-refractivity contribution in [2.45, 2.75) is 55.6 Å². The fourth-order valence-corrected chi connectivity index (χ4v) is 7.38. The van der Waals surface area contributed by atoms with Crippen LogP contribution in [-0.2, 0) is 32.6 Å². The molecule has 45 heavy (non-hydrogen) atoms. The average molecular weight is 740 g/mol. The minimum Gasteiger partial charge on any atom is -0.352 e. The molecule has 1 N–H and O–H groups in total. The quantitative estimate of drug-likeness (QED) is 0.172. The Balaban J connectivity index is 1.56. The fourth-order valence-electron chi connectivity index (χ4n) is 5.59. The number of hydrogen-bond acceptors (Lipinski definition) is 4. The largest absolute Gasteiger partial charge is 0.352 e. The van der Waals surface area contributed by atoms with Gasteiger partial charge in [0, 0.05) is 28.1 Å². The summed E-state index contributed by atoms with van der Waals surface area (Å²) in [4.78, 5) is 29.8. The first-order valence-electron chi connectivity index (χ1n) is 14.9. The van der Waals surface area contributed by atoms with Gasteiger partial charge in [-0.05, 0) is 83.5 Å². The van der Waals surface area contributed by atoms with Crippen molar-refractivity contribution in [2.24, 2.45) is 0 Å². The monoisotopic (exact) mass is 739 g/mol. The van der Waals surface area contributed by atoms with Gasteiger partial charge in [-0.3, -0.25) is 13.9 Å². The molecule has 0 spiro atoms. The topological polar surface area (TPSA) is 86.8 Å². The molecule has 1 aliphatic carbocycles. The van der Waals surface area contributed by atoms with Crippen LogP contribution in [-0.4, -0.2) is 43.8 Å². The number of halogens is 2. The summed E-state index contributed by atoms with van der Waals surface area (Å²) >= 11 is 2.13. The van der Waals surface area contributed by atoms with Crippen molar-refractivity contribution in [3.8, 4) is 0 Å². The van der Waals surface area contributed by atoms with Crippen LogP contribution < -0.4 is 9.62 Å². The van der Waals surface area contributed by atoms with Gasteiger partial charge in [-0.25, -0.2) is 12.8 Å². The molecule has 1 atom stereocenters. The molecule has 1 fully saturated rings.